The van der Waals surface area contributed by atoms with Crippen LogP contribution in [0.4, 0.5) is 57.5 Å². The van der Waals surface area contributed by atoms with E-state index in [0.717, 1.165) is 231 Å². The van der Waals surface area contributed by atoms with Crippen LogP contribution < -0.4 is 85.1 Å². The number of carbonyl (C=O) groups excluding carboxylic acids is 12. The van der Waals surface area contributed by atoms with Crippen LogP contribution >= 0.6 is 0 Å². The van der Waals surface area contributed by atoms with E-state index in [0.29, 0.717) is 78.0 Å². The van der Waals surface area contributed by atoms with Gasteiger partial charge in [0.25, 0.3) is 0 Å². The van der Waals surface area contributed by atoms with E-state index < -0.39 is 97.0 Å². The van der Waals surface area contributed by atoms with Crippen LogP contribution in [0.2, 0.25) is 0 Å². The fourth-order valence-electron chi connectivity index (χ4n) is 15.3. The molecule has 16 N–H and O–H groups in total. The van der Waals surface area contributed by atoms with E-state index in [1.807, 2.05) is 0 Å². The first-order valence-electron chi connectivity index (χ1n) is 49.9. The quantitative estimate of drug-likeness (QED) is 0.0199. The second-order valence-electron chi connectivity index (χ2n) is 34.7. The number of hydrogen-bond donors (Lipinski definition) is 16. The van der Waals surface area contributed by atoms with Gasteiger partial charge in [-0.3, -0.25) is 0 Å². The zero-order valence-electron chi connectivity index (χ0n) is 78.9. The third-order valence-electron chi connectivity index (χ3n) is 22.9. The smallest absolute Gasteiger partial charge is 0.407 e. The number of amides is 16. The summed E-state index contributed by atoms with van der Waals surface area (Å²) in [6, 6.07) is -4.60. The Hall–Kier alpha value is -8.76. The summed E-state index contributed by atoms with van der Waals surface area (Å²) in [5.41, 5.74) is 0. The molecule has 4 aliphatic carbocycles. The maximum absolute atomic E-state index is 12.8. The Kier molecular flexibility index (Phi) is 70.2. The Morgan fingerprint density at radius 2 is 0.344 bits per heavy atom. The van der Waals surface area contributed by atoms with Gasteiger partial charge in [0.2, 0.25) is 0 Å². The zero-order chi connectivity index (χ0) is 92.6. The Labute approximate surface area is 765 Å². The second-order valence-corrected chi connectivity index (χ2v) is 34.7. The average molecular weight is 1820 g/mol. The topological polar surface area (TPSA) is 471 Å². The standard InChI is InChI=1S/C50H98N8O10.C42H74N8O10/c1-5-9-13-17-21-29-35-53-47(61)65-39-43(40-66-48(62)54-36-30-22-18-14-10-6-2)57-45(59)51-33-27-25-26-28-34-52-46(60)58-44(41-67-49(63)55-37-31-23-19-15-11-7-3)42-68-50(64)56-38-32-24-20-16-12-8-4;51-37(45-35(27-57-39(53)47-31-17-7-3-8-18-31)28-58-40(54)48-32-19-9-4-10-20-32)43-25-15-1-2-16-26-44-38(52)46-36(29-59-41(55)49-33-21-11-5-12-22-33)30-60-42(56)50-34-23-13-6-14-24-34/h43-44H,5-42H2,1-4H3,(H,53,61)(H,54,62)(H,55,63)(H,56,64)(H2,51,57,59)(H2,52,58,60);31-36H,1-30H2,(H,47,53)(H,48,54)(H,49,55)(H,50,56)(H2,43,45,51)(H2,44,46,52). The van der Waals surface area contributed by atoms with E-state index >= 15 is 0 Å². The second kappa shape index (κ2) is 79.2. The molecule has 0 heterocycles. The van der Waals surface area contributed by atoms with Gasteiger partial charge in [0.15, 0.2) is 0 Å². The molecule has 4 fully saturated rings. The lowest BCUT2D eigenvalue weighted by molar-refractivity contribution is 0.0939. The van der Waals surface area contributed by atoms with Gasteiger partial charge in [-0.2, -0.15) is 0 Å². The summed E-state index contributed by atoms with van der Waals surface area (Å²) in [6.45, 7) is 10.9. The highest BCUT2D eigenvalue weighted by atomic mass is 16.6. The number of unbranched alkanes of at least 4 members (excludes halogenated alkanes) is 26. The van der Waals surface area contributed by atoms with E-state index in [1.54, 1.807) is 0 Å². The lowest BCUT2D eigenvalue weighted by Gasteiger charge is -2.25. The fraction of sp³-hybridized carbons (Fsp3) is 0.870. The molecule has 36 heteroatoms. The van der Waals surface area contributed by atoms with Crippen molar-refractivity contribution < 1.29 is 95.4 Å². The molecule has 0 aromatic heterocycles. The van der Waals surface area contributed by atoms with Gasteiger partial charge in [0, 0.05) is 76.5 Å². The van der Waals surface area contributed by atoms with Crippen LogP contribution in [0, 0.1) is 0 Å². The number of carbonyl (C=O) groups is 12. The van der Waals surface area contributed by atoms with Crippen LogP contribution in [-0.2, 0) is 37.9 Å². The minimum Gasteiger partial charge on any atom is -0.447 e. The molecule has 4 saturated carbocycles. The van der Waals surface area contributed by atoms with Crippen LogP contribution in [0.1, 0.15) is 362 Å². The van der Waals surface area contributed by atoms with Gasteiger partial charge in [-0.15, -0.1) is 0 Å². The van der Waals surface area contributed by atoms with Crippen molar-refractivity contribution in [1.29, 1.82) is 0 Å². The first-order chi connectivity index (χ1) is 62.4. The van der Waals surface area contributed by atoms with Crippen molar-refractivity contribution in [3.63, 3.8) is 0 Å². The van der Waals surface area contributed by atoms with Crippen molar-refractivity contribution >= 4 is 72.9 Å². The van der Waals surface area contributed by atoms with E-state index in [4.69, 9.17) is 37.9 Å². The van der Waals surface area contributed by atoms with Crippen LogP contribution in [0.5, 0.6) is 0 Å². The molecule has 0 unspecified atom stereocenters. The highest BCUT2D eigenvalue weighted by Gasteiger charge is 2.27. The van der Waals surface area contributed by atoms with Gasteiger partial charge in [0.1, 0.15) is 52.9 Å². The minimum absolute atomic E-state index is 0.0754. The van der Waals surface area contributed by atoms with Crippen molar-refractivity contribution in [3.8, 4) is 0 Å². The van der Waals surface area contributed by atoms with Crippen LogP contribution in [0.25, 0.3) is 0 Å². The highest BCUT2D eigenvalue weighted by Crippen LogP contribution is 2.22. The third kappa shape index (κ3) is 67.5. The number of alkyl carbamates (subject to hydrolysis) is 8. The van der Waals surface area contributed by atoms with E-state index in [9.17, 15) is 57.5 Å². The summed E-state index contributed by atoms with van der Waals surface area (Å²) in [7, 11) is 0. The van der Waals surface area contributed by atoms with Gasteiger partial charge in [-0.25, -0.2) is 57.5 Å². The minimum atomic E-state index is -0.761. The molecule has 740 valence electrons. The van der Waals surface area contributed by atoms with Crippen LogP contribution in [0.15, 0.2) is 0 Å². The predicted molar refractivity (Wildman–Crippen MR) is 495 cm³/mol. The Morgan fingerprint density at radius 1 is 0.195 bits per heavy atom. The van der Waals surface area contributed by atoms with Crippen LogP contribution in [0.3, 0.4) is 0 Å². The molecular formula is C92H172N16O20. The van der Waals surface area contributed by atoms with E-state index in [2.05, 4.69) is 113 Å². The van der Waals surface area contributed by atoms with Gasteiger partial charge in [0.05, 0.1) is 24.2 Å². The molecule has 16 amide bonds. The van der Waals surface area contributed by atoms with Crippen molar-refractivity contribution in [2.75, 3.05) is 105 Å². The summed E-state index contributed by atoms with van der Waals surface area (Å²) in [4.78, 5) is 150. The van der Waals surface area contributed by atoms with E-state index in [1.165, 1.54) is 77.0 Å². The third-order valence-corrected chi connectivity index (χ3v) is 22.9. The lowest BCUT2D eigenvalue weighted by Crippen LogP contribution is -2.49. The van der Waals surface area contributed by atoms with Crippen molar-refractivity contribution in [2.45, 2.75) is 410 Å². The SMILES string of the molecule is CCCCCCCCNC(=O)OCC(COC(=O)NCCCCCCCC)NC(=O)NCCCCCCNC(=O)NC(COC(=O)NCCCCCCCC)COC(=O)NCCCCCCCC.O=C(NCCCCCCNC(=O)NC(COC(=O)NC1CCCCC1)COC(=O)NC1CCCCC1)NC(COC(=O)NC1CCCCC1)COC(=O)NC1CCCCC1. The normalized spacial score (nSPS) is 14.2. The Balaban J connectivity index is 0.000000664. The first kappa shape index (κ1) is 113. The molecule has 128 heavy (non-hydrogen) atoms. The summed E-state index contributed by atoms with van der Waals surface area (Å²) < 4.78 is 43.1. The summed E-state index contributed by atoms with van der Waals surface area (Å²) >= 11 is 0. The molecule has 0 saturated heterocycles. The van der Waals surface area contributed by atoms with Gasteiger partial charge in [-0.1, -0.05) is 259 Å². The maximum atomic E-state index is 12.8. The number of hydrogen-bond acceptors (Lipinski definition) is 20. The molecule has 0 aliphatic heterocycles. The maximum Gasteiger partial charge on any atom is 0.407 e. The Bertz CT molecular complexity index is 2590. The number of nitrogens with one attached hydrogen (secondary N) is 16. The molecule has 0 aromatic rings. The number of ether oxygens (including phenoxy) is 8. The molecular weight excluding hydrogens is 1650 g/mol. The van der Waals surface area contributed by atoms with Gasteiger partial charge in [-0.05, 0) is 103 Å². The monoisotopic (exact) mass is 1820 g/mol. The fourth-order valence-corrected chi connectivity index (χ4v) is 15.3. The van der Waals surface area contributed by atoms with Gasteiger partial charge < -0.3 is 123 Å². The lowest BCUT2D eigenvalue weighted by atomic mass is 9.96. The Morgan fingerprint density at radius 3 is 0.516 bits per heavy atom. The molecule has 4 rings (SSSR count). The first-order valence-corrected chi connectivity index (χ1v) is 49.9. The summed E-state index contributed by atoms with van der Waals surface area (Å²) in [6.07, 6.45) is 48.0. The van der Waals surface area contributed by atoms with Crippen molar-refractivity contribution in [2.24, 2.45) is 0 Å². The molecule has 0 atom stereocenters. The molecule has 0 aromatic carbocycles. The zero-order valence-corrected chi connectivity index (χ0v) is 78.9. The predicted octanol–water partition coefficient (Wildman–Crippen LogP) is 16.3. The summed E-state index contributed by atoms with van der Waals surface area (Å²) in [5.74, 6) is 0. The molecule has 0 bridgehead atoms. The average Bonchev–Trinajstić information content (AvgIpc) is 0.916. The molecule has 0 radical (unpaired) electrons. The highest BCUT2D eigenvalue weighted by molar-refractivity contribution is 5.77. The van der Waals surface area contributed by atoms with Crippen molar-refractivity contribution in [3.05, 3.63) is 0 Å². The molecule has 0 spiro atoms. The number of urea groups is 4. The summed E-state index contributed by atoms with van der Waals surface area (Å²) in [5, 5.41) is 44.8. The number of rotatable bonds is 66. The van der Waals surface area contributed by atoms with Crippen molar-refractivity contribution in [1.82, 2.24) is 85.1 Å². The van der Waals surface area contributed by atoms with E-state index in [-0.39, 0.29) is 77.0 Å². The molecule has 4 aliphatic rings. The largest absolute Gasteiger partial charge is 0.447 e. The van der Waals surface area contributed by atoms with Gasteiger partial charge >= 0.3 is 72.9 Å². The molecule has 36 nitrogen and oxygen atoms in total. The van der Waals surface area contributed by atoms with Crippen LogP contribution in [-0.4, -0.2) is 226 Å².